The average molecular weight is 384 g/mol. The van der Waals surface area contributed by atoms with Gasteiger partial charge in [-0.25, -0.2) is 4.98 Å². The second-order valence-corrected chi connectivity index (χ2v) is 7.58. The van der Waals surface area contributed by atoms with Crippen LogP contribution in [0.2, 0.25) is 0 Å². The van der Waals surface area contributed by atoms with Gasteiger partial charge in [0, 0.05) is 43.7 Å². The SMILES string of the molecule is COc1c(C)cccc1CN1CCC(c2cc(=O)[nH]c(N3CCOCC3)n2)C1. The van der Waals surface area contributed by atoms with E-state index in [1.54, 1.807) is 13.2 Å². The summed E-state index contributed by atoms with van der Waals surface area (Å²) in [4.78, 5) is 24.4. The number of para-hydroxylation sites is 1. The minimum atomic E-state index is -0.0784. The first-order valence-electron chi connectivity index (χ1n) is 9.93. The number of morpholine rings is 1. The van der Waals surface area contributed by atoms with Crippen LogP contribution in [0.4, 0.5) is 5.95 Å². The highest BCUT2D eigenvalue weighted by atomic mass is 16.5. The van der Waals surface area contributed by atoms with E-state index in [9.17, 15) is 4.79 Å². The molecule has 1 atom stereocenters. The quantitative estimate of drug-likeness (QED) is 0.849. The molecule has 0 bridgehead atoms. The minimum absolute atomic E-state index is 0.0784. The fraction of sp³-hybridized carbons (Fsp3) is 0.524. The van der Waals surface area contributed by atoms with Crippen molar-refractivity contribution in [3.05, 3.63) is 51.4 Å². The summed E-state index contributed by atoms with van der Waals surface area (Å²) in [7, 11) is 1.73. The van der Waals surface area contributed by atoms with Crippen LogP contribution in [-0.2, 0) is 11.3 Å². The Hall–Kier alpha value is -2.38. The fourth-order valence-electron chi connectivity index (χ4n) is 4.19. The highest BCUT2D eigenvalue weighted by Gasteiger charge is 2.27. The van der Waals surface area contributed by atoms with Crippen LogP contribution < -0.4 is 15.2 Å². The van der Waals surface area contributed by atoms with Crippen LogP contribution in [-0.4, -0.2) is 61.4 Å². The lowest BCUT2D eigenvalue weighted by atomic mass is 10.0. The average Bonchev–Trinajstić information content (AvgIpc) is 3.17. The molecule has 1 aromatic heterocycles. The molecular weight excluding hydrogens is 356 g/mol. The van der Waals surface area contributed by atoms with Crippen LogP contribution >= 0.6 is 0 Å². The number of likely N-dealkylation sites (tertiary alicyclic amines) is 1. The van der Waals surface area contributed by atoms with Gasteiger partial charge in [0.1, 0.15) is 5.75 Å². The molecule has 1 N–H and O–H groups in total. The molecule has 2 aliphatic rings. The number of anilines is 1. The molecular formula is C21H28N4O3. The molecule has 3 heterocycles. The van der Waals surface area contributed by atoms with Crippen LogP contribution in [0.5, 0.6) is 5.75 Å². The second kappa shape index (κ2) is 8.32. The summed E-state index contributed by atoms with van der Waals surface area (Å²) >= 11 is 0. The number of nitrogens with one attached hydrogen (secondary N) is 1. The second-order valence-electron chi connectivity index (χ2n) is 7.58. The summed E-state index contributed by atoms with van der Waals surface area (Å²) in [5, 5.41) is 0. The standard InChI is InChI=1S/C21H28N4O3/c1-15-4-3-5-17(20(15)27-2)14-24-7-6-16(13-24)18-12-19(26)23-21(22-18)25-8-10-28-11-9-25/h3-5,12,16H,6-11,13-14H2,1-2H3,(H,22,23,26). The van der Waals surface area contributed by atoms with E-state index in [0.717, 1.165) is 56.2 Å². The van der Waals surface area contributed by atoms with Crippen LogP contribution in [0.25, 0.3) is 0 Å². The molecule has 28 heavy (non-hydrogen) atoms. The van der Waals surface area contributed by atoms with E-state index in [-0.39, 0.29) is 11.5 Å². The van der Waals surface area contributed by atoms with Crippen molar-refractivity contribution < 1.29 is 9.47 Å². The third kappa shape index (κ3) is 4.05. The fourth-order valence-corrected chi connectivity index (χ4v) is 4.19. The normalized spacial score (nSPS) is 20.5. The zero-order valence-electron chi connectivity index (χ0n) is 16.6. The third-order valence-electron chi connectivity index (χ3n) is 5.64. The smallest absolute Gasteiger partial charge is 0.252 e. The molecule has 0 spiro atoms. The van der Waals surface area contributed by atoms with Gasteiger partial charge in [0.2, 0.25) is 5.95 Å². The Morgan fingerprint density at radius 1 is 1.29 bits per heavy atom. The van der Waals surface area contributed by atoms with E-state index in [1.807, 2.05) is 0 Å². The van der Waals surface area contributed by atoms with Gasteiger partial charge >= 0.3 is 0 Å². The van der Waals surface area contributed by atoms with Crippen LogP contribution in [0.15, 0.2) is 29.1 Å². The Kier molecular flexibility index (Phi) is 5.64. The van der Waals surface area contributed by atoms with Gasteiger partial charge in [-0.15, -0.1) is 0 Å². The summed E-state index contributed by atoms with van der Waals surface area (Å²) in [6.07, 6.45) is 1.01. The molecule has 2 aliphatic heterocycles. The maximum atomic E-state index is 12.2. The summed E-state index contributed by atoms with van der Waals surface area (Å²) in [6, 6.07) is 7.93. The van der Waals surface area contributed by atoms with E-state index in [1.165, 1.54) is 5.56 Å². The van der Waals surface area contributed by atoms with Crippen molar-refractivity contribution in [2.75, 3.05) is 51.4 Å². The predicted octanol–water partition coefficient (Wildman–Crippen LogP) is 1.91. The molecule has 4 rings (SSSR count). The van der Waals surface area contributed by atoms with Crippen LogP contribution in [0, 0.1) is 6.92 Å². The van der Waals surface area contributed by atoms with E-state index in [4.69, 9.17) is 14.5 Å². The summed E-state index contributed by atoms with van der Waals surface area (Å²) < 4.78 is 11.0. The largest absolute Gasteiger partial charge is 0.496 e. The van der Waals surface area contributed by atoms with Crippen LogP contribution in [0.3, 0.4) is 0 Å². The summed E-state index contributed by atoms with van der Waals surface area (Å²) in [5.41, 5.74) is 3.17. The van der Waals surface area contributed by atoms with Crippen molar-refractivity contribution in [2.24, 2.45) is 0 Å². The van der Waals surface area contributed by atoms with E-state index in [2.05, 4.69) is 39.9 Å². The van der Waals surface area contributed by atoms with Crippen molar-refractivity contribution in [1.82, 2.24) is 14.9 Å². The van der Waals surface area contributed by atoms with Gasteiger partial charge < -0.3 is 14.4 Å². The van der Waals surface area contributed by atoms with Crippen molar-refractivity contribution in [2.45, 2.75) is 25.8 Å². The molecule has 2 fully saturated rings. The van der Waals surface area contributed by atoms with E-state index in [0.29, 0.717) is 19.2 Å². The molecule has 7 heteroatoms. The van der Waals surface area contributed by atoms with Crippen LogP contribution in [0.1, 0.15) is 29.2 Å². The molecule has 0 amide bonds. The number of aromatic amines is 1. The summed E-state index contributed by atoms with van der Waals surface area (Å²) in [6.45, 7) is 7.67. The van der Waals surface area contributed by atoms with Crippen molar-refractivity contribution >= 4 is 5.95 Å². The lowest BCUT2D eigenvalue weighted by Gasteiger charge is -2.27. The molecule has 1 unspecified atom stereocenters. The molecule has 2 aromatic rings. The Bertz CT molecular complexity index is 876. The Morgan fingerprint density at radius 3 is 2.89 bits per heavy atom. The number of aryl methyl sites for hydroxylation is 1. The van der Waals surface area contributed by atoms with Crippen molar-refractivity contribution in [3.8, 4) is 5.75 Å². The van der Waals surface area contributed by atoms with Gasteiger partial charge in [-0.2, -0.15) is 0 Å². The van der Waals surface area contributed by atoms with Gasteiger partial charge in [-0.05, 0) is 25.5 Å². The number of methoxy groups -OCH3 is 1. The van der Waals surface area contributed by atoms with E-state index < -0.39 is 0 Å². The molecule has 0 aliphatic carbocycles. The zero-order valence-corrected chi connectivity index (χ0v) is 16.6. The van der Waals surface area contributed by atoms with Gasteiger partial charge in [0.05, 0.1) is 26.0 Å². The van der Waals surface area contributed by atoms with Gasteiger partial charge in [-0.3, -0.25) is 14.7 Å². The first-order valence-corrected chi connectivity index (χ1v) is 9.93. The number of rotatable bonds is 5. The maximum absolute atomic E-state index is 12.2. The number of benzene rings is 1. The molecule has 150 valence electrons. The number of H-pyrrole nitrogens is 1. The molecule has 0 saturated carbocycles. The lowest BCUT2D eigenvalue weighted by Crippen LogP contribution is -2.38. The van der Waals surface area contributed by atoms with E-state index >= 15 is 0 Å². The Balaban J connectivity index is 1.48. The highest BCUT2D eigenvalue weighted by molar-refractivity contribution is 5.40. The number of nitrogens with zero attached hydrogens (tertiary/aromatic N) is 3. The third-order valence-corrected chi connectivity index (χ3v) is 5.64. The topological polar surface area (TPSA) is 70.7 Å². The zero-order chi connectivity index (χ0) is 19.5. The monoisotopic (exact) mass is 384 g/mol. The molecule has 0 radical (unpaired) electrons. The van der Waals surface area contributed by atoms with Gasteiger partial charge in [-0.1, -0.05) is 18.2 Å². The minimum Gasteiger partial charge on any atom is -0.496 e. The first kappa shape index (κ1) is 19.0. The number of hydrogen-bond donors (Lipinski definition) is 1. The highest BCUT2D eigenvalue weighted by Crippen LogP contribution is 2.30. The van der Waals surface area contributed by atoms with Gasteiger partial charge in [0.15, 0.2) is 0 Å². The van der Waals surface area contributed by atoms with Crippen molar-refractivity contribution in [1.29, 1.82) is 0 Å². The lowest BCUT2D eigenvalue weighted by molar-refractivity contribution is 0.122. The Labute approximate surface area is 165 Å². The van der Waals surface area contributed by atoms with Crippen molar-refractivity contribution in [3.63, 3.8) is 0 Å². The number of ether oxygens (including phenoxy) is 2. The van der Waals surface area contributed by atoms with Gasteiger partial charge in [0.25, 0.3) is 5.56 Å². The molecule has 7 nitrogen and oxygen atoms in total. The number of aromatic nitrogens is 2. The molecule has 1 aromatic carbocycles. The Morgan fingerprint density at radius 2 is 2.11 bits per heavy atom. The summed E-state index contributed by atoms with van der Waals surface area (Å²) in [5.74, 6) is 1.91. The predicted molar refractivity (Wildman–Crippen MR) is 108 cm³/mol. The number of hydrogen-bond acceptors (Lipinski definition) is 6. The molecule has 2 saturated heterocycles. The maximum Gasteiger partial charge on any atom is 0.252 e. The first-order chi connectivity index (χ1) is 13.6.